The summed E-state index contributed by atoms with van der Waals surface area (Å²) >= 11 is 0. The predicted octanol–water partition coefficient (Wildman–Crippen LogP) is 4.03. The molecule has 1 heterocycles. The zero-order valence-corrected chi connectivity index (χ0v) is 16.7. The normalized spacial score (nSPS) is 16.8. The summed E-state index contributed by atoms with van der Waals surface area (Å²) in [6.45, 7) is 3.60. The van der Waals surface area contributed by atoms with Gasteiger partial charge in [0.25, 0.3) is 0 Å². The van der Waals surface area contributed by atoms with Crippen LogP contribution in [-0.4, -0.2) is 44.7 Å². The number of likely N-dealkylation sites (tertiary alicyclic amines) is 1. The quantitative estimate of drug-likeness (QED) is 0.720. The summed E-state index contributed by atoms with van der Waals surface area (Å²) in [7, 11) is 3.30. The molecule has 2 aromatic carbocycles. The molecule has 5 nitrogen and oxygen atoms in total. The molecule has 150 valence electrons. The minimum absolute atomic E-state index is 0.00266. The van der Waals surface area contributed by atoms with Crippen molar-refractivity contribution in [1.82, 2.24) is 4.90 Å². The monoisotopic (exact) mass is 386 g/mol. The Morgan fingerprint density at radius 1 is 1.18 bits per heavy atom. The van der Waals surface area contributed by atoms with Crippen molar-refractivity contribution in [2.45, 2.75) is 25.8 Å². The molecule has 0 aliphatic carbocycles. The number of methoxy groups -OCH3 is 2. The summed E-state index contributed by atoms with van der Waals surface area (Å²) < 4.78 is 24.1. The molecule has 1 unspecified atom stereocenters. The second-order valence-corrected chi connectivity index (χ2v) is 6.85. The zero-order valence-electron chi connectivity index (χ0n) is 16.7. The largest absolute Gasteiger partial charge is 0.497 e. The van der Waals surface area contributed by atoms with Gasteiger partial charge < -0.3 is 14.4 Å². The number of carbonyl (C=O) groups excluding carboxylic acids is 1. The van der Waals surface area contributed by atoms with Gasteiger partial charge in [-0.3, -0.25) is 9.69 Å². The highest BCUT2D eigenvalue weighted by molar-refractivity contribution is 5.94. The van der Waals surface area contributed by atoms with Crippen molar-refractivity contribution in [3.05, 3.63) is 53.8 Å². The lowest BCUT2D eigenvalue weighted by Crippen LogP contribution is -2.40. The van der Waals surface area contributed by atoms with Gasteiger partial charge in [0.15, 0.2) is 0 Å². The molecular weight excluding hydrogens is 359 g/mol. The number of benzene rings is 2. The fraction of sp³-hybridized carbons (Fsp3) is 0.409. The maximum absolute atomic E-state index is 13.2. The van der Waals surface area contributed by atoms with E-state index in [-0.39, 0.29) is 17.8 Å². The minimum atomic E-state index is -0.308. The van der Waals surface area contributed by atoms with E-state index >= 15 is 0 Å². The number of hydrogen-bond acceptors (Lipinski definition) is 4. The number of hydrogen-bond donors (Lipinski definition) is 0. The third-order valence-electron chi connectivity index (χ3n) is 5.25. The number of carbonyl (C=O) groups is 1. The Hall–Kier alpha value is -2.60. The molecule has 6 heteroatoms. The Bertz CT molecular complexity index is 810. The third kappa shape index (κ3) is 4.28. The van der Waals surface area contributed by atoms with Gasteiger partial charge in [-0.15, -0.1) is 0 Å². The molecular formula is C22H27FN2O3. The van der Waals surface area contributed by atoms with Crippen LogP contribution in [-0.2, 0) is 4.79 Å². The number of amides is 1. The molecule has 0 saturated carbocycles. The number of rotatable bonds is 7. The fourth-order valence-electron chi connectivity index (χ4n) is 3.85. The van der Waals surface area contributed by atoms with Crippen LogP contribution in [0.2, 0.25) is 0 Å². The summed E-state index contributed by atoms with van der Waals surface area (Å²) in [5.74, 6) is 1.27. The standard InChI is InChI=1S/C22H27FN2O3/c1-4-25(17-9-7-16(23)8-10-17)22(26)15-24-13-5-6-20(24)19-14-18(27-2)11-12-21(19)28-3/h7-12,14,20H,4-6,13,15H2,1-3H3. The first-order valence-electron chi connectivity index (χ1n) is 9.59. The van der Waals surface area contributed by atoms with Crippen molar-refractivity contribution < 1.29 is 18.7 Å². The van der Waals surface area contributed by atoms with Gasteiger partial charge in [-0.25, -0.2) is 4.39 Å². The molecule has 1 atom stereocenters. The number of halogens is 1. The van der Waals surface area contributed by atoms with Crippen molar-refractivity contribution in [2.75, 3.05) is 38.8 Å². The van der Waals surface area contributed by atoms with Crippen LogP contribution in [0.3, 0.4) is 0 Å². The van der Waals surface area contributed by atoms with Crippen LogP contribution in [0.25, 0.3) is 0 Å². The molecule has 1 amide bonds. The van der Waals surface area contributed by atoms with E-state index in [1.165, 1.54) is 12.1 Å². The average molecular weight is 386 g/mol. The lowest BCUT2D eigenvalue weighted by molar-refractivity contribution is -0.119. The summed E-state index contributed by atoms with van der Waals surface area (Å²) in [5, 5.41) is 0. The van der Waals surface area contributed by atoms with Crippen LogP contribution < -0.4 is 14.4 Å². The van der Waals surface area contributed by atoms with Crippen molar-refractivity contribution in [3.8, 4) is 11.5 Å². The second kappa shape index (κ2) is 9.06. The van der Waals surface area contributed by atoms with E-state index in [9.17, 15) is 9.18 Å². The van der Waals surface area contributed by atoms with E-state index in [4.69, 9.17) is 9.47 Å². The summed E-state index contributed by atoms with van der Waals surface area (Å²) in [6.07, 6.45) is 1.97. The van der Waals surface area contributed by atoms with Gasteiger partial charge in [-0.2, -0.15) is 0 Å². The highest BCUT2D eigenvalue weighted by atomic mass is 19.1. The zero-order chi connectivity index (χ0) is 20.1. The highest BCUT2D eigenvalue weighted by Gasteiger charge is 2.31. The molecule has 0 aromatic heterocycles. The van der Waals surface area contributed by atoms with E-state index in [1.807, 2.05) is 25.1 Å². The van der Waals surface area contributed by atoms with Gasteiger partial charge in [0, 0.05) is 23.8 Å². The van der Waals surface area contributed by atoms with Crippen LogP contribution in [0.1, 0.15) is 31.4 Å². The topological polar surface area (TPSA) is 42.0 Å². The lowest BCUT2D eigenvalue weighted by Gasteiger charge is -2.29. The van der Waals surface area contributed by atoms with Gasteiger partial charge >= 0.3 is 0 Å². The summed E-state index contributed by atoms with van der Waals surface area (Å²) in [4.78, 5) is 16.9. The molecule has 2 aromatic rings. The smallest absolute Gasteiger partial charge is 0.241 e. The first-order valence-corrected chi connectivity index (χ1v) is 9.59. The summed E-state index contributed by atoms with van der Waals surface area (Å²) in [6, 6.07) is 11.9. The Labute approximate surface area is 165 Å². The Kier molecular flexibility index (Phi) is 6.52. The van der Waals surface area contributed by atoms with Gasteiger partial charge in [-0.1, -0.05) is 0 Å². The molecule has 0 spiro atoms. The number of ether oxygens (including phenoxy) is 2. The van der Waals surface area contributed by atoms with Crippen LogP contribution in [0.4, 0.5) is 10.1 Å². The van der Waals surface area contributed by atoms with Crippen LogP contribution >= 0.6 is 0 Å². The lowest BCUT2D eigenvalue weighted by atomic mass is 10.0. The predicted molar refractivity (Wildman–Crippen MR) is 108 cm³/mol. The van der Waals surface area contributed by atoms with Crippen molar-refractivity contribution in [3.63, 3.8) is 0 Å². The number of nitrogens with zero attached hydrogens (tertiary/aromatic N) is 2. The number of likely N-dealkylation sites (N-methyl/N-ethyl adjacent to an activating group) is 1. The van der Waals surface area contributed by atoms with Crippen LogP contribution in [0, 0.1) is 5.82 Å². The molecule has 1 saturated heterocycles. The van der Waals surface area contributed by atoms with Crippen molar-refractivity contribution >= 4 is 11.6 Å². The number of anilines is 1. The van der Waals surface area contributed by atoms with Crippen LogP contribution in [0.5, 0.6) is 11.5 Å². The van der Waals surface area contributed by atoms with Gasteiger partial charge in [0.05, 0.1) is 20.8 Å². The van der Waals surface area contributed by atoms with E-state index < -0.39 is 0 Å². The van der Waals surface area contributed by atoms with Gasteiger partial charge in [0.1, 0.15) is 17.3 Å². The van der Waals surface area contributed by atoms with Crippen molar-refractivity contribution in [1.29, 1.82) is 0 Å². The van der Waals surface area contributed by atoms with E-state index in [2.05, 4.69) is 4.90 Å². The second-order valence-electron chi connectivity index (χ2n) is 6.85. The fourth-order valence-corrected chi connectivity index (χ4v) is 3.85. The van der Waals surface area contributed by atoms with E-state index in [1.54, 1.807) is 31.3 Å². The van der Waals surface area contributed by atoms with Crippen molar-refractivity contribution in [2.24, 2.45) is 0 Å². The Balaban J connectivity index is 1.79. The van der Waals surface area contributed by atoms with E-state index in [0.717, 1.165) is 36.4 Å². The molecule has 3 rings (SSSR count). The minimum Gasteiger partial charge on any atom is -0.497 e. The molecule has 0 N–H and O–H groups in total. The Morgan fingerprint density at radius 2 is 1.93 bits per heavy atom. The first-order chi connectivity index (χ1) is 13.6. The Morgan fingerprint density at radius 3 is 2.57 bits per heavy atom. The highest BCUT2D eigenvalue weighted by Crippen LogP contribution is 2.38. The van der Waals surface area contributed by atoms with Gasteiger partial charge in [0.2, 0.25) is 5.91 Å². The van der Waals surface area contributed by atoms with E-state index in [0.29, 0.717) is 18.8 Å². The maximum atomic E-state index is 13.2. The molecule has 1 aliphatic rings. The first kappa shape index (κ1) is 20.1. The summed E-state index contributed by atoms with van der Waals surface area (Å²) in [5.41, 5.74) is 1.75. The molecule has 28 heavy (non-hydrogen) atoms. The molecule has 0 radical (unpaired) electrons. The van der Waals surface area contributed by atoms with Crippen LogP contribution in [0.15, 0.2) is 42.5 Å². The molecule has 1 fully saturated rings. The molecule has 1 aliphatic heterocycles. The SMILES string of the molecule is CCN(C(=O)CN1CCCC1c1cc(OC)ccc1OC)c1ccc(F)cc1. The average Bonchev–Trinajstić information content (AvgIpc) is 3.17. The maximum Gasteiger partial charge on any atom is 0.241 e. The molecule has 0 bridgehead atoms. The third-order valence-corrected chi connectivity index (χ3v) is 5.25. The van der Waals surface area contributed by atoms with Gasteiger partial charge in [-0.05, 0) is 68.8 Å².